The SMILES string of the molecule is Cc1ccccc1-n1c(C(N)Sc2ncnc3nc[nH]c23)nc2cccc(C)c2c1=O. The van der Waals surface area contributed by atoms with E-state index in [1.807, 2.05) is 56.3 Å². The van der Waals surface area contributed by atoms with E-state index in [0.29, 0.717) is 32.9 Å². The Morgan fingerprint density at radius 2 is 1.84 bits per heavy atom. The van der Waals surface area contributed by atoms with Gasteiger partial charge in [-0.2, -0.15) is 0 Å². The molecule has 0 aliphatic rings. The Morgan fingerprint density at radius 3 is 2.68 bits per heavy atom. The molecular formula is C22H19N7OS. The van der Waals surface area contributed by atoms with E-state index in [9.17, 15) is 4.79 Å². The fourth-order valence-corrected chi connectivity index (χ4v) is 4.54. The molecule has 0 amide bonds. The summed E-state index contributed by atoms with van der Waals surface area (Å²) < 4.78 is 1.62. The van der Waals surface area contributed by atoms with Gasteiger partial charge in [-0.15, -0.1) is 0 Å². The normalized spacial score (nSPS) is 12.5. The smallest absolute Gasteiger partial charge is 0.266 e. The van der Waals surface area contributed by atoms with Crippen LogP contribution in [0.15, 0.2) is 64.9 Å². The molecule has 31 heavy (non-hydrogen) atoms. The molecule has 8 nitrogen and oxygen atoms in total. The first-order valence-electron chi connectivity index (χ1n) is 9.69. The van der Waals surface area contributed by atoms with Crippen LogP contribution in [0, 0.1) is 13.8 Å². The number of rotatable bonds is 4. The lowest BCUT2D eigenvalue weighted by Gasteiger charge is -2.19. The lowest BCUT2D eigenvalue weighted by Crippen LogP contribution is -2.28. The molecule has 0 saturated heterocycles. The minimum atomic E-state index is -0.654. The van der Waals surface area contributed by atoms with Crippen molar-refractivity contribution < 1.29 is 0 Å². The number of nitrogens with two attached hydrogens (primary N) is 1. The van der Waals surface area contributed by atoms with Gasteiger partial charge in [-0.3, -0.25) is 9.36 Å². The number of hydrogen-bond donors (Lipinski definition) is 2. The molecule has 5 rings (SSSR count). The maximum Gasteiger partial charge on any atom is 0.266 e. The number of nitrogens with one attached hydrogen (secondary N) is 1. The summed E-state index contributed by atoms with van der Waals surface area (Å²) >= 11 is 1.30. The quantitative estimate of drug-likeness (QED) is 0.255. The van der Waals surface area contributed by atoms with Crippen LogP contribution in [-0.2, 0) is 0 Å². The van der Waals surface area contributed by atoms with Crippen LogP contribution in [0.4, 0.5) is 0 Å². The standard InChI is InChI=1S/C22H19N7OS/c1-12-6-3-4-9-15(12)29-20(28-14-8-5-7-13(2)16(14)22(29)30)18(23)31-21-17-19(25-10-24-17)26-11-27-21/h3-11,18H,23H2,1-2H3,(H,24,25,26,27). The first-order valence-corrected chi connectivity index (χ1v) is 10.6. The molecule has 154 valence electrons. The van der Waals surface area contributed by atoms with Gasteiger partial charge in [-0.25, -0.2) is 19.9 Å². The average Bonchev–Trinajstić information content (AvgIpc) is 3.24. The second kappa shape index (κ2) is 7.60. The third kappa shape index (κ3) is 3.28. The summed E-state index contributed by atoms with van der Waals surface area (Å²) in [6.07, 6.45) is 3.01. The largest absolute Gasteiger partial charge is 0.341 e. The first kappa shape index (κ1) is 19.4. The van der Waals surface area contributed by atoms with E-state index in [-0.39, 0.29) is 5.56 Å². The number of aryl methyl sites for hydroxylation is 2. The third-order valence-corrected chi connectivity index (χ3v) is 6.17. The topological polar surface area (TPSA) is 115 Å². The fourth-order valence-electron chi connectivity index (χ4n) is 3.66. The molecule has 3 N–H and O–H groups in total. The highest BCUT2D eigenvalue weighted by atomic mass is 32.2. The van der Waals surface area contributed by atoms with E-state index < -0.39 is 5.37 Å². The molecule has 0 bridgehead atoms. The predicted molar refractivity (Wildman–Crippen MR) is 121 cm³/mol. The third-order valence-electron chi connectivity index (χ3n) is 5.17. The summed E-state index contributed by atoms with van der Waals surface area (Å²) in [7, 11) is 0. The van der Waals surface area contributed by atoms with Gasteiger partial charge in [0.25, 0.3) is 5.56 Å². The monoisotopic (exact) mass is 429 g/mol. The molecule has 0 fully saturated rings. The number of imidazole rings is 1. The van der Waals surface area contributed by atoms with Crippen molar-refractivity contribution in [3.05, 3.63) is 82.4 Å². The molecule has 2 aromatic carbocycles. The van der Waals surface area contributed by atoms with Crippen LogP contribution in [-0.4, -0.2) is 29.5 Å². The Labute approximate surface area is 181 Å². The van der Waals surface area contributed by atoms with Gasteiger partial charge in [0.2, 0.25) is 0 Å². The van der Waals surface area contributed by atoms with Crippen LogP contribution in [0.3, 0.4) is 0 Å². The van der Waals surface area contributed by atoms with Gasteiger partial charge >= 0.3 is 0 Å². The molecule has 9 heteroatoms. The Hall–Kier alpha value is -3.56. The molecule has 0 aliphatic carbocycles. The maximum absolute atomic E-state index is 13.7. The van der Waals surface area contributed by atoms with Crippen LogP contribution >= 0.6 is 11.8 Å². The van der Waals surface area contributed by atoms with E-state index in [4.69, 9.17) is 10.7 Å². The van der Waals surface area contributed by atoms with Gasteiger partial charge in [0.05, 0.1) is 22.9 Å². The van der Waals surface area contributed by atoms with E-state index in [2.05, 4.69) is 19.9 Å². The van der Waals surface area contributed by atoms with Crippen LogP contribution in [0.2, 0.25) is 0 Å². The minimum Gasteiger partial charge on any atom is -0.341 e. The lowest BCUT2D eigenvalue weighted by molar-refractivity contribution is 0.797. The summed E-state index contributed by atoms with van der Waals surface area (Å²) in [6.45, 7) is 3.88. The molecule has 5 aromatic rings. The molecule has 3 aromatic heterocycles. The second-order valence-electron chi connectivity index (χ2n) is 7.18. The highest BCUT2D eigenvalue weighted by Gasteiger charge is 2.22. The molecule has 0 spiro atoms. The van der Waals surface area contributed by atoms with E-state index in [0.717, 1.165) is 16.8 Å². The number of thioether (sulfide) groups is 1. The second-order valence-corrected chi connectivity index (χ2v) is 8.31. The number of nitrogens with zero attached hydrogens (tertiary/aromatic N) is 5. The van der Waals surface area contributed by atoms with Crippen molar-refractivity contribution >= 4 is 33.8 Å². The molecule has 1 unspecified atom stereocenters. The Morgan fingerprint density at radius 1 is 1.03 bits per heavy atom. The first-order chi connectivity index (χ1) is 15.0. The summed E-state index contributed by atoms with van der Waals surface area (Å²) in [6, 6.07) is 13.4. The molecule has 1 atom stereocenters. The molecule has 0 radical (unpaired) electrons. The number of hydrogen-bond acceptors (Lipinski definition) is 7. The zero-order valence-corrected chi connectivity index (χ0v) is 17.7. The summed E-state index contributed by atoms with van der Waals surface area (Å²) in [5, 5.41) is 0.577. The van der Waals surface area contributed by atoms with E-state index in [1.54, 1.807) is 10.9 Å². The zero-order valence-electron chi connectivity index (χ0n) is 16.9. The van der Waals surface area contributed by atoms with Crippen LogP contribution < -0.4 is 11.3 Å². The van der Waals surface area contributed by atoms with Gasteiger partial charge < -0.3 is 10.7 Å². The molecular weight excluding hydrogens is 410 g/mol. The summed E-state index contributed by atoms with van der Waals surface area (Å²) in [5.41, 5.74) is 10.9. The van der Waals surface area contributed by atoms with Crippen molar-refractivity contribution in [1.82, 2.24) is 29.5 Å². The van der Waals surface area contributed by atoms with E-state index >= 15 is 0 Å². The summed E-state index contributed by atoms with van der Waals surface area (Å²) in [4.78, 5) is 34.2. The van der Waals surface area contributed by atoms with Crippen molar-refractivity contribution in [1.29, 1.82) is 0 Å². The number of aromatic nitrogens is 6. The highest BCUT2D eigenvalue weighted by Crippen LogP contribution is 2.33. The van der Waals surface area contributed by atoms with Gasteiger partial charge in [0.15, 0.2) is 5.65 Å². The van der Waals surface area contributed by atoms with Crippen molar-refractivity contribution in [3.8, 4) is 5.69 Å². The lowest BCUT2D eigenvalue weighted by atomic mass is 10.1. The van der Waals surface area contributed by atoms with Crippen LogP contribution in [0.1, 0.15) is 22.3 Å². The number of H-pyrrole nitrogens is 1. The Balaban J connectivity index is 1.74. The van der Waals surface area contributed by atoms with Crippen molar-refractivity contribution in [2.45, 2.75) is 24.2 Å². The predicted octanol–water partition coefficient (Wildman–Crippen LogP) is 3.42. The Bertz CT molecular complexity index is 1490. The van der Waals surface area contributed by atoms with Crippen LogP contribution in [0.5, 0.6) is 0 Å². The minimum absolute atomic E-state index is 0.141. The number of fused-ring (bicyclic) bond motifs is 2. The number of para-hydroxylation sites is 1. The van der Waals surface area contributed by atoms with E-state index in [1.165, 1.54) is 18.1 Å². The van der Waals surface area contributed by atoms with Crippen LogP contribution in [0.25, 0.3) is 27.8 Å². The Kier molecular flexibility index (Phi) is 4.76. The maximum atomic E-state index is 13.7. The van der Waals surface area contributed by atoms with Gasteiger partial charge in [0, 0.05) is 0 Å². The van der Waals surface area contributed by atoms with Gasteiger partial charge in [-0.05, 0) is 37.1 Å². The molecule has 3 heterocycles. The highest BCUT2D eigenvalue weighted by molar-refractivity contribution is 7.99. The van der Waals surface area contributed by atoms with Crippen molar-refractivity contribution in [2.75, 3.05) is 0 Å². The van der Waals surface area contributed by atoms with Gasteiger partial charge in [0.1, 0.15) is 28.1 Å². The van der Waals surface area contributed by atoms with Crippen molar-refractivity contribution in [3.63, 3.8) is 0 Å². The van der Waals surface area contributed by atoms with Crippen molar-refractivity contribution in [2.24, 2.45) is 5.73 Å². The number of aromatic amines is 1. The number of benzene rings is 2. The summed E-state index contributed by atoms with van der Waals surface area (Å²) in [5.74, 6) is 0.452. The zero-order chi connectivity index (χ0) is 21.5. The molecule has 0 aliphatic heterocycles. The van der Waals surface area contributed by atoms with Gasteiger partial charge in [-0.1, -0.05) is 42.1 Å². The fraction of sp³-hybridized carbons (Fsp3) is 0.136. The molecule has 0 saturated carbocycles. The average molecular weight is 430 g/mol.